The highest BCUT2D eigenvalue weighted by molar-refractivity contribution is 6.03. The van der Waals surface area contributed by atoms with Gasteiger partial charge in [0, 0.05) is 63.9 Å². The van der Waals surface area contributed by atoms with Crippen LogP contribution in [0.25, 0.3) is 0 Å². The van der Waals surface area contributed by atoms with Crippen molar-refractivity contribution in [3.63, 3.8) is 0 Å². The Kier molecular flexibility index (Phi) is 5.23. The summed E-state index contributed by atoms with van der Waals surface area (Å²) in [5.41, 5.74) is 1.43. The first kappa shape index (κ1) is 19.5. The number of hydrogen-bond donors (Lipinski definition) is 1. The van der Waals surface area contributed by atoms with E-state index in [1.807, 2.05) is 25.1 Å². The second kappa shape index (κ2) is 8.33. The van der Waals surface area contributed by atoms with Crippen LogP contribution in [0.1, 0.15) is 41.1 Å². The second-order valence-corrected chi connectivity index (χ2v) is 7.79. The van der Waals surface area contributed by atoms with Crippen LogP contribution in [0.2, 0.25) is 0 Å². The van der Waals surface area contributed by atoms with E-state index in [0.717, 1.165) is 43.6 Å². The molecule has 0 bridgehead atoms. The Bertz CT molecular complexity index is 1050. The largest absolute Gasteiger partial charge is 0.469 e. The minimum Gasteiger partial charge on any atom is -0.469 e. The molecule has 1 aliphatic heterocycles. The summed E-state index contributed by atoms with van der Waals surface area (Å²) in [7, 11) is 0. The maximum atomic E-state index is 13.0. The van der Waals surface area contributed by atoms with Crippen LogP contribution >= 0.6 is 0 Å². The van der Waals surface area contributed by atoms with Crippen LogP contribution in [-0.2, 0) is 6.42 Å². The number of aromatic nitrogens is 4. The Morgan fingerprint density at radius 3 is 2.45 bits per heavy atom. The van der Waals surface area contributed by atoms with E-state index in [2.05, 4.69) is 25.1 Å². The molecule has 3 aromatic rings. The molecule has 0 aromatic carbocycles. The van der Waals surface area contributed by atoms with E-state index < -0.39 is 0 Å². The smallest absolute Gasteiger partial charge is 0.227 e. The fourth-order valence-electron chi connectivity index (χ4n) is 4.29. The van der Waals surface area contributed by atoms with Crippen molar-refractivity contribution in [1.29, 1.82) is 0 Å². The van der Waals surface area contributed by atoms with Gasteiger partial charge in [0.2, 0.25) is 11.9 Å². The van der Waals surface area contributed by atoms with Gasteiger partial charge in [-0.25, -0.2) is 15.0 Å². The molecule has 1 N–H and O–H groups in total. The molecule has 0 radical (unpaired) electrons. The van der Waals surface area contributed by atoms with Gasteiger partial charge in [-0.2, -0.15) is 4.98 Å². The molecule has 1 fully saturated rings. The first-order chi connectivity index (χ1) is 15.2. The molecule has 0 amide bonds. The molecule has 31 heavy (non-hydrogen) atoms. The van der Waals surface area contributed by atoms with Crippen LogP contribution in [0.3, 0.4) is 0 Å². The lowest BCUT2D eigenvalue weighted by Crippen LogP contribution is -2.48. The highest BCUT2D eigenvalue weighted by Gasteiger charge is 2.33. The van der Waals surface area contributed by atoms with Crippen LogP contribution in [0.5, 0.6) is 0 Å². The number of ketones is 1. The predicted molar refractivity (Wildman–Crippen MR) is 117 cm³/mol. The molecule has 1 atom stereocenters. The first-order valence-corrected chi connectivity index (χ1v) is 10.7. The number of rotatable bonds is 5. The summed E-state index contributed by atoms with van der Waals surface area (Å²) in [6.45, 7) is 5.79. The van der Waals surface area contributed by atoms with Crippen LogP contribution in [-0.4, -0.2) is 58.4 Å². The number of nitrogens with zero attached hydrogens (tertiary/aromatic N) is 6. The molecule has 5 rings (SSSR count). The number of hydrogen-bond acceptors (Lipinski definition) is 9. The average Bonchev–Trinajstić information content (AvgIpc) is 3.35. The fraction of sp³-hybridized carbons (Fsp3) is 0.409. The van der Waals surface area contributed by atoms with Gasteiger partial charge in [0.1, 0.15) is 11.6 Å². The summed E-state index contributed by atoms with van der Waals surface area (Å²) in [5.74, 6) is 2.96. The van der Waals surface area contributed by atoms with Gasteiger partial charge in [-0.05, 0) is 25.1 Å². The summed E-state index contributed by atoms with van der Waals surface area (Å²) in [4.78, 5) is 35.6. The summed E-state index contributed by atoms with van der Waals surface area (Å²) in [6.07, 6.45) is 6.26. The molecule has 0 unspecified atom stereocenters. The van der Waals surface area contributed by atoms with Gasteiger partial charge in [0.15, 0.2) is 5.78 Å². The summed E-state index contributed by atoms with van der Waals surface area (Å²) in [5, 5.41) is 3.28. The minimum atomic E-state index is 0.0132. The fourth-order valence-corrected chi connectivity index (χ4v) is 4.29. The Balaban J connectivity index is 1.41. The summed E-state index contributed by atoms with van der Waals surface area (Å²) in [6, 6.07) is 5.61. The van der Waals surface area contributed by atoms with E-state index in [4.69, 9.17) is 14.4 Å². The van der Waals surface area contributed by atoms with Crippen molar-refractivity contribution in [2.24, 2.45) is 0 Å². The third kappa shape index (κ3) is 3.83. The Morgan fingerprint density at radius 2 is 1.77 bits per heavy atom. The molecule has 0 spiro atoms. The molecule has 2 aliphatic rings. The third-order valence-electron chi connectivity index (χ3n) is 5.81. The van der Waals surface area contributed by atoms with Crippen molar-refractivity contribution >= 4 is 23.5 Å². The number of carbonyl (C=O) groups is 1. The molecule has 160 valence electrons. The van der Waals surface area contributed by atoms with Crippen molar-refractivity contribution in [2.45, 2.75) is 25.7 Å². The van der Waals surface area contributed by atoms with Crippen molar-refractivity contribution in [3.8, 4) is 0 Å². The average molecular weight is 419 g/mol. The lowest BCUT2D eigenvalue weighted by atomic mass is 9.84. The van der Waals surface area contributed by atoms with Crippen LogP contribution in [0, 0.1) is 0 Å². The van der Waals surface area contributed by atoms with Gasteiger partial charge in [-0.15, -0.1) is 0 Å². The third-order valence-corrected chi connectivity index (χ3v) is 5.81. The Labute approximate surface area is 180 Å². The lowest BCUT2D eigenvalue weighted by Gasteiger charge is -2.35. The maximum Gasteiger partial charge on any atom is 0.227 e. The standard InChI is InChI=1S/C22H25N7O2/c1-2-23-20-19-16(13-15(14-17(19)30)18-5-3-12-31-18)26-22(27-20)29-10-8-28(9-11-29)21-24-6-4-7-25-21/h3-7,12,15H,2,8-11,13-14H2,1H3,(H,23,26,27)/t15-/m0/s1. The van der Waals surface area contributed by atoms with Crippen molar-refractivity contribution in [2.75, 3.05) is 47.8 Å². The normalized spacial score (nSPS) is 18.7. The molecule has 9 heteroatoms. The second-order valence-electron chi connectivity index (χ2n) is 7.79. The van der Waals surface area contributed by atoms with E-state index in [9.17, 15) is 4.79 Å². The Morgan fingerprint density at radius 1 is 1.03 bits per heavy atom. The number of anilines is 3. The zero-order valence-electron chi connectivity index (χ0n) is 17.5. The van der Waals surface area contributed by atoms with Gasteiger partial charge >= 0.3 is 0 Å². The molecule has 9 nitrogen and oxygen atoms in total. The van der Waals surface area contributed by atoms with Gasteiger partial charge < -0.3 is 19.5 Å². The quantitative estimate of drug-likeness (QED) is 0.668. The summed E-state index contributed by atoms with van der Waals surface area (Å²) < 4.78 is 5.58. The molecule has 3 aromatic heterocycles. The van der Waals surface area contributed by atoms with E-state index in [-0.39, 0.29) is 11.7 Å². The topological polar surface area (TPSA) is 100 Å². The molecule has 1 saturated heterocycles. The minimum absolute atomic E-state index is 0.0132. The number of fused-ring (bicyclic) bond motifs is 1. The van der Waals surface area contributed by atoms with Crippen LogP contribution in [0.15, 0.2) is 41.3 Å². The highest BCUT2D eigenvalue weighted by atomic mass is 16.3. The first-order valence-electron chi connectivity index (χ1n) is 10.7. The lowest BCUT2D eigenvalue weighted by molar-refractivity contribution is 0.0959. The van der Waals surface area contributed by atoms with E-state index in [1.54, 1.807) is 18.7 Å². The zero-order valence-corrected chi connectivity index (χ0v) is 17.5. The van der Waals surface area contributed by atoms with E-state index >= 15 is 0 Å². The highest BCUT2D eigenvalue weighted by Crippen LogP contribution is 2.35. The molecular weight excluding hydrogens is 394 g/mol. The summed E-state index contributed by atoms with van der Waals surface area (Å²) >= 11 is 0. The van der Waals surface area contributed by atoms with Gasteiger partial charge in [-0.3, -0.25) is 4.79 Å². The van der Waals surface area contributed by atoms with Crippen molar-refractivity contribution < 1.29 is 9.21 Å². The van der Waals surface area contributed by atoms with Crippen LogP contribution < -0.4 is 15.1 Å². The number of carbonyl (C=O) groups excluding carboxylic acids is 1. The van der Waals surface area contributed by atoms with Gasteiger partial charge in [0.05, 0.1) is 17.5 Å². The Hall–Kier alpha value is -3.49. The number of furan rings is 1. The maximum absolute atomic E-state index is 13.0. The van der Waals surface area contributed by atoms with E-state index in [1.165, 1.54) is 0 Å². The molecular formula is C22H25N7O2. The monoisotopic (exact) mass is 419 g/mol. The number of piperazine rings is 1. The van der Waals surface area contributed by atoms with E-state index in [0.29, 0.717) is 36.7 Å². The number of nitrogens with one attached hydrogen (secondary N) is 1. The molecule has 0 saturated carbocycles. The van der Waals surface area contributed by atoms with Gasteiger partial charge in [0.25, 0.3) is 0 Å². The molecule has 1 aliphatic carbocycles. The predicted octanol–water partition coefficient (Wildman–Crippen LogP) is 2.53. The van der Waals surface area contributed by atoms with Crippen molar-refractivity contribution in [1.82, 2.24) is 19.9 Å². The van der Waals surface area contributed by atoms with Gasteiger partial charge in [-0.1, -0.05) is 0 Å². The zero-order chi connectivity index (χ0) is 21.2. The molecule has 4 heterocycles. The van der Waals surface area contributed by atoms with Crippen molar-refractivity contribution in [3.05, 3.63) is 53.9 Å². The number of Topliss-reactive ketones (excluding diaryl/α,β-unsaturated/α-hetero) is 1. The SMILES string of the molecule is CCNc1nc(N2CCN(c3ncccn3)CC2)nc2c1C(=O)C[C@@H](c1ccco1)C2. The van der Waals surface area contributed by atoms with Crippen LogP contribution in [0.4, 0.5) is 17.7 Å².